The number of phenols is 1. The van der Waals surface area contributed by atoms with Crippen molar-refractivity contribution in [1.29, 1.82) is 0 Å². The predicted molar refractivity (Wildman–Crippen MR) is 343 cm³/mol. The molecule has 3 aliphatic heterocycles. The van der Waals surface area contributed by atoms with Crippen molar-refractivity contribution in [3.8, 4) is 11.5 Å². The van der Waals surface area contributed by atoms with Crippen molar-refractivity contribution >= 4 is 23.1 Å². The normalized spacial score (nSPS) is 31.4. The molecular weight excluding hydrogens is 1070 g/mol. The Morgan fingerprint density at radius 3 is 2.44 bits per heavy atom. The van der Waals surface area contributed by atoms with Gasteiger partial charge in [0.2, 0.25) is 0 Å². The van der Waals surface area contributed by atoms with Crippen LogP contribution in [0.2, 0.25) is 0 Å². The van der Waals surface area contributed by atoms with E-state index in [4.69, 9.17) is 26.9 Å². The molecule has 13 N–H and O–H groups in total. The van der Waals surface area contributed by atoms with Crippen LogP contribution in [-0.2, 0) is 35.3 Å². The number of carbonyl (C=O) groups is 2. The molecular formula is C72H100N8O6. The number of piperidine rings is 1. The maximum Gasteiger partial charge on any atom is 0.186 e. The van der Waals surface area contributed by atoms with Crippen LogP contribution in [0.4, 0.5) is 0 Å². The van der Waals surface area contributed by atoms with Crippen LogP contribution in [-0.4, -0.2) is 103 Å². The first-order chi connectivity index (χ1) is 41.6. The summed E-state index contributed by atoms with van der Waals surface area (Å²) < 4.78 is 5.61. The number of aliphatic hydroxyl groups excluding tert-OH is 2. The molecule has 14 nitrogen and oxygen atoms in total. The third kappa shape index (κ3) is 14.1. The summed E-state index contributed by atoms with van der Waals surface area (Å²) in [5.74, 6) is 3.34. The van der Waals surface area contributed by atoms with Gasteiger partial charge >= 0.3 is 0 Å². The molecule has 13 atom stereocenters. The number of hydrogen-bond acceptors (Lipinski definition) is 12. The number of phenolic OH excluding ortho intramolecular Hbond substituents is 1. The Kier molecular flexibility index (Phi) is 19.8. The Labute approximate surface area is 511 Å². The molecule has 14 heteroatoms. The van der Waals surface area contributed by atoms with Gasteiger partial charge < -0.3 is 58.5 Å². The minimum atomic E-state index is -0.471. The fourth-order valence-corrected chi connectivity index (χ4v) is 19.0. The van der Waals surface area contributed by atoms with E-state index in [2.05, 4.69) is 88.0 Å². The molecule has 5 saturated carbocycles. The van der Waals surface area contributed by atoms with E-state index in [0.29, 0.717) is 77.6 Å². The number of ketones is 2. The molecule has 1 spiro atoms. The number of aliphatic imine (C=N–C) groups is 1. The second kappa shape index (κ2) is 27.4. The van der Waals surface area contributed by atoms with Crippen molar-refractivity contribution in [2.45, 2.75) is 178 Å². The van der Waals surface area contributed by atoms with E-state index in [9.17, 15) is 24.9 Å². The average Bonchev–Trinajstić information content (AvgIpc) is 1.54. The number of allylic oxidation sites excluding steroid dienone is 3. The zero-order chi connectivity index (χ0) is 60.0. The van der Waals surface area contributed by atoms with Crippen LogP contribution in [0.25, 0.3) is 5.57 Å². The Hall–Kier alpha value is -5.61. The molecule has 3 aromatic carbocycles. The number of nitrogens with zero attached hydrogens (tertiary/aromatic N) is 1. The molecule has 8 aliphatic rings. The molecule has 13 unspecified atom stereocenters. The van der Waals surface area contributed by atoms with Gasteiger partial charge in [0.05, 0.1) is 37.9 Å². The summed E-state index contributed by atoms with van der Waals surface area (Å²) in [4.78, 5) is 34.0. The molecule has 464 valence electrons. The molecule has 3 aromatic rings. The SMILES string of the molecule is COc1cc(C(=CC(=O)CC(=O)CC2CCC3C(CC4C5CCNCC5CC5C=CCNC54)(C2)CC(NCC(C)O)C32CCC(CC3(N=C(N)N)CCCC3)C2)CO)c(CC2=CNC(N)C=C2CCc2cccc(CCc3ccccc3)c2)cc1O. The molecule has 1 saturated heterocycles. The number of dihydropyridines is 1. The highest BCUT2D eigenvalue weighted by Gasteiger charge is 2.66. The lowest BCUT2D eigenvalue weighted by Crippen LogP contribution is -2.57. The van der Waals surface area contributed by atoms with E-state index < -0.39 is 12.7 Å². The number of ether oxygens (including phenoxy) is 1. The first kappa shape index (κ1) is 62.0. The number of nitrogens with two attached hydrogens (primary N) is 3. The number of aromatic hydroxyl groups is 1. The number of fused-ring (bicyclic) bond motifs is 4. The van der Waals surface area contributed by atoms with Gasteiger partial charge in [-0.2, -0.15) is 0 Å². The summed E-state index contributed by atoms with van der Waals surface area (Å²) in [6.45, 7) is 5.02. The van der Waals surface area contributed by atoms with E-state index >= 15 is 0 Å². The van der Waals surface area contributed by atoms with E-state index in [1.807, 2.05) is 19.2 Å². The average molecular weight is 1170 g/mol. The lowest BCUT2D eigenvalue weighted by atomic mass is 9.52. The zero-order valence-electron chi connectivity index (χ0n) is 51.4. The van der Waals surface area contributed by atoms with E-state index in [-0.39, 0.29) is 69.9 Å². The van der Waals surface area contributed by atoms with Crippen molar-refractivity contribution < 1.29 is 29.6 Å². The number of guanidine groups is 1. The number of aliphatic hydroxyl groups is 2. The van der Waals surface area contributed by atoms with Gasteiger partial charge in [-0.1, -0.05) is 79.6 Å². The van der Waals surface area contributed by atoms with E-state index in [0.717, 1.165) is 140 Å². The first-order valence-electron chi connectivity index (χ1n) is 33.1. The van der Waals surface area contributed by atoms with Crippen LogP contribution < -0.4 is 43.2 Å². The Balaban J connectivity index is 0.818. The number of carbonyl (C=O) groups excluding carboxylic acids is 2. The highest BCUT2D eigenvalue weighted by molar-refractivity contribution is 6.08. The summed E-state index contributed by atoms with van der Waals surface area (Å²) >= 11 is 0. The minimum Gasteiger partial charge on any atom is -0.504 e. The molecule has 3 heterocycles. The van der Waals surface area contributed by atoms with Crippen LogP contribution in [0, 0.1) is 52.3 Å². The fraction of sp³-hybridized carbons (Fsp3) is 0.597. The highest BCUT2D eigenvalue weighted by atomic mass is 16.5. The number of rotatable bonds is 24. The molecule has 0 bridgehead atoms. The van der Waals surface area contributed by atoms with Crippen molar-refractivity contribution in [3.05, 3.63) is 136 Å². The number of methoxy groups -OCH3 is 1. The maximum absolute atomic E-state index is 14.6. The lowest BCUT2D eigenvalue weighted by molar-refractivity contribution is -0.126. The van der Waals surface area contributed by atoms with Gasteiger partial charge in [-0.25, -0.2) is 4.99 Å². The minimum absolute atomic E-state index is 0.0242. The van der Waals surface area contributed by atoms with Crippen LogP contribution in [0.15, 0.2) is 113 Å². The molecule has 6 fully saturated rings. The summed E-state index contributed by atoms with van der Waals surface area (Å²) in [5, 5.41) is 48.4. The van der Waals surface area contributed by atoms with Gasteiger partial charge in [0, 0.05) is 37.8 Å². The van der Waals surface area contributed by atoms with Gasteiger partial charge in [0.15, 0.2) is 23.2 Å². The second-order valence-corrected chi connectivity index (χ2v) is 28.1. The van der Waals surface area contributed by atoms with Crippen molar-refractivity contribution in [1.82, 2.24) is 21.3 Å². The highest BCUT2D eigenvalue weighted by Crippen LogP contribution is 2.71. The number of benzene rings is 3. The Morgan fingerprint density at radius 2 is 1.67 bits per heavy atom. The van der Waals surface area contributed by atoms with Gasteiger partial charge in [-0.05, 0) is 257 Å². The smallest absolute Gasteiger partial charge is 0.186 e. The van der Waals surface area contributed by atoms with Crippen LogP contribution in [0.1, 0.15) is 150 Å². The third-order valence-electron chi connectivity index (χ3n) is 22.4. The van der Waals surface area contributed by atoms with Crippen LogP contribution >= 0.6 is 0 Å². The maximum atomic E-state index is 14.6. The monoisotopic (exact) mass is 1170 g/mol. The summed E-state index contributed by atoms with van der Waals surface area (Å²) in [6, 6.07) is 23.4. The van der Waals surface area contributed by atoms with Crippen molar-refractivity contribution in [2.24, 2.45) is 74.4 Å². The topological polar surface area (TPSA) is 243 Å². The molecule has 11 rings (SSSR count). The second-order valence-electron chi connectivity index (χ2n) is 28.1. The Bertz CT molecular complexity index is 3020. The number of aryl methyl sites for hydroxylation is 3. The predicted octanol–water partition coefficient (Wildman–Crippen LogP) is 9.04. The standard InChI is InChI=1S/C72H100N8O6/c1-46(82)42-78-66-41-70(40-62-60-22-27-76-43-56(60)30-53-14-9-26-77-68(53)62)37-50(18-20-65(70)72(66)25-21-51(39-72)38-71(80-69(74)75)23-6-7-24-71)29-58(83)35-59(84)32-57(45-81)61-36-64(86-2)63(85)33-54(61)31-55-44-79-67(73)34-52(55)19-17-49-13-8-12-48(28-49)16-15-47-10-4-3-5-11-47/h3-5,8-14,28,32-34,36,44,46,50-51,53,56,60,62,65-68,76-79,81-82,85H,6-7,15-27,29-31,35,37-43,45,73H2,1-2H3,(H4,74,75,80). The van der Waals surface area contributed by atoms with E-state index in [1.54, 1.807) is 12.1 Å². The quantitative estimate of drug-likeness (QED) is 0.0133. The van der Waals surface area contributed by atoms with Crippen molar-refractivity contribution in [3.63, 3.8) is 0 Å². The van der Waals surface area contributed by atoms with E-state index in [1.165, 1.54) is 42.7 Å². The van der Waals surface area contributed by atoms with Crippen LogP contribution in [0.5, 0.6) is 11.5 Å². The molecule has 0 radical (unpaired) electrons. The van der Waals surface area contributed by atoms with Gasteiger partial charge in [-0.3, -0.25) is 9.59 Å². The molecule has 0 amide bonds. The van der Waals surface area contributed by atoms with Gasteiger partial charge in [0.25, 0.3) is 0 Å². The largest absolute Gasteiger partial charge is 0.504 e. The molecule has 86 heavy (non-hydrogen) atoms. The summed E-state index contributed by atoms with van der Waals surface area (Å²) in [7, 11) is 1.49. The summed E-state index contributed by atoms with van der Waals surface area (Å²) in [6.07, 6.45) is 29.7. The molecule has 5 aliphatic carbocycles. The summed E-state index contributed by atoms with van der Waals surface area (Å²) in [5.41, 5.74) is 26.2. The van der Waals surface area contributed by atoms with Gasteiger partial charge in [-0.15, -0.1) is 0 Å². The van der Waals surface area contributed by atoms with Crippen LogP contribution in [0.3, 0.4) is 0 Å². The zero-order valence-corrected chi connectivity index (χ0v) is 51.4. The fourth-order valence-electron chi connectivity index (χ4n) is 19.0. The lowest BCUT2D eigenvalue weighted by Gasteiger charge is -2.55. The van der Waals surface area contributed by atoms with Gasteiger partial charge in [0.1, 0.15) is 5.78 Å². The number of hydrogen-bond donors (Lipinski definition) is 10. The van der Waals surface area contributed by atoms with Crippen molar-refractivity contribution in [2.75, 3.05) is 39.9 Å². The number of nitrogens with one attached hydrogen (secondary N) is 4. The first-order valence-corrected chi connectivity index (χ1v) is 33.1. The number of Topliss-reactive ketones (excluding diaryl/α,β-unsaturated/α-hetero) is 1. The Morgan fingerprint density at radius 1 is 0.895 bits per heavy atom. The third-order valence-corrected chi connectivity index (χ3v) is 22.4. The molecule has 0 aromatic heterocycles.